The third-order valence-corrected chi connectivity index (χ3v) is 3.67. The number of fused-ring (bicyclic) bond motifs is 1. The molecule has 0 aliphatic heterocycles. The zero-order valence-electron chi connectivity index (χ0n) is 12.9. The van der Waals surface area contributed by atoms with Gasteiger partial charge in [0, 0.05) is 6.42 Å². The number of carbonyl (C=O) groups is 2. The van der Waals surface area contributed by atoms with Crippen molar-refractivity contribution in [1.29, 1.82) is 0 Å². The molecule has 0 unspecified atom stereocenters. The lowest BCUT2D eigenvalue weighted by Gasteiger charge is -2.20. The molecule has 20 heavy (non-hydrogen) atoms. The summed E-state index contributed by atoms with van der Waals surface area (Å²) in [6.45, 7) is 9.52. The first-order valence-corrected chi connectivity index (χ1v) is 7.00. The highest BCUT2D eigenvalue weighted by Crippen LogP contribution is 2.46. The van der Waals surface area contributed by atoms with E-state index < -0.39 is 5.41 Å². The average molecular weight is 274 g/mol. The van der Waals surface area contributed by atoms with Crippen LogP contribution in [0.15, 0.2) is 35.1 Å². The topological polar surface area (TPSA) is 43.4 Å². The molecule has 3 heteroatoms. The zero-order valence-corrected chi connectivity index (χ0v) is 12.9. The normalized spacial score (nSPS) is 21.4. The number of esters is 1. The van der Waals surface area contributed by atoms with Crippen molar-refractivity contribution in [3.8, 4) is 0 Å². The monoisotopic (exact) mass is 274 g/mol. The molecule has 3 nitrogen and oxygen atoms in total. The molecule has 0 atom stereocenters. The Labute approximate surface area is 120 Å². The molecule has 1 fully saturated rings. The first-order chi connectivity index (χ1) is 9.13. The number of hydrogen-bond acceptors (Lipinski definition) is 3. The summed E-state index contributed by atoms with van der Waals surface area (Å²) in [6, 6.07) is 0. The van der Waals surface area contributed by atoms with E-state index in [0.717, 1.165) is 12.0 Å². The molecule has 0 N–H and O–H groups in total. The van der Waals surface area contributed by atoms with Crippen molar-refractivity contribution in [3.05, 3.63) is 35.1 Å². The van der Waals surface area contributed by atoms with E-state index in [2.05, 4.69) is 19.9 Å². The van der Waals surface area contributed by atoms with Crippen LogP contribution >= 0.6 is 0 Å². The molecular formula is C17H22O3. The minimum Gasteiger partial charge on any atom is -0.425 e. The molecule has 0 amide bonds. The van der Waals surface area contributed by atoms with E-state index in [4.69, 9.17) is 4.74 Å². The van der Waals surface area contributed by atoms with Gasteiger partial charge >= 0.3 is 5.97 Å². The Balaban J connectivity index is 2.45. The Bertz CT molecular complexity index is 551. The number of ketones is 1. The van der Waals surface area contributed by atoms with Crippen LogP contribution in [0, 0.1) is 10.8 Å². The fourth-order valence-electron chi connectivity index (χ4n) is 2.50. The largest absolute Gasteiger partial charge is 0.425 e. The molecule has 0 radical (unpaired) electrons. The number of allylic oxidation sites excluding steroid dienone is 5. The molecule has 1 saturated carbocycles. The Morgan fingerprint density at radius 2 is 1.95 bits per heavy atom. The van der Waals surface area contributed by atoms with E-state index in [0.29, 0.717) is 17.8 Å². The van der Waals surface area contributed by atoms with Gasteiger partial charge in [-0.3, -0.25) is 9.59 Å². The van der Waals surface area contributed by atoms with Crippen LogP contribution in [0.4, 0.5) is 0 Å². The highest BCUT2D eigenvalue weighted by atomic mass is 16.5. The van der Waals surface area contributed by atoms with Gasteiger partial charge in [-0.25, -0.2) is 0 Å². The van der Waals surface area contributed by atoms with Crippen LogP contribution in [0.3, 0.4) is 0 Å². The average Bonchev–Trinajstić information content (AvgIpc) is 2.47. The first-order valence-electron chi connectivity index (χ1n) is 7.00. The third kappa shape index (κ3) is 2.62. The molecule has 2 aliphatic rings. The van der Waals surface area contributed by atoms with Crippen LogP contribution in [0.25, 0.3) is 0 Å². The summed E-state index contributed by atoms with van der Waals surface area (Å²) in [5.74, 6) is 0.150. The molecule has 0 heterocycles. The van der Waals surface area contributed by atoms with E-state index in [-0.39, 0.29) is 17.2 Å². The van der Waals surface area contributed by atoms with Crippen LogP contribution < -0.4 is 0 Å². The third-order valence-electron chi connectivity index (χ3n) is 3.67. The summed E-state index contributed by atoms with van der Waals surface area (Å²) in [5.41, 5.74) is 0.817. The van der Waals surface area contributed by atoms with Crippen molar-refractivity contribution in [2.45, 2.75) is 47.5 Å². The maximum atomic E-state index is 12.3. The van der Waals surface area contributed by atoms with Crippen LogP contribution in [0.5, 0.6) is 0 Å². The van der Waals surface area contributed by atoms with Gasteiger partial charge < -0.3 is 4.74 Å². The molecule has 0 saturated heterocycles. The van der Waals surface area contributed by atoms with Crippen molar-refractivity contribution in [2.24, 2.45) is 10.8 Å². The van der Waals surface area contributed by atoms with E-state index >= 15 is 0 Å². The lowest BCUT2D eigenvalue weighted by atomic mass is 9.85. The minimum absolute atomic E-state index is 0.0597. The molecule has 0 aromatic rings. The van der Waals surface area contributed by atoms with Gasteiger partial charge in [0.15, 0.2) is 5.78 Å². The standard InChI is InChI=1S/C17H22O3/c1-16(2,3)15(19)20-13-9-7-6-8-11-14(13)12(18)10-17(11,4)5/h7-9H,6,10H2,1-5H3. The van der Waals surface area contributed by atoms with E-state index in [1.54, 1.807) is 26.8 Å². The molecule has 2 rings (SSSR count). The molecule has 0 spiro atoms. The SMILES string of the molecule is CC(C)(C)C(=O)OC1=C2C(=O)CC(C)(C)C2=CCC=C1. The lowest BCUT2D eigenvalue weighted by molar-refractivity contribution is -0.148. The molecular weight excluding hydrogens is 252 g/mol. The number of rotatable bonds is 1. The maximum Gasteiger partial charge on any atom is 0.316 e. The summed E-state index contributed by atoms with van der Waals surface area (Å²) in [6.07, 6.45) is 6.97. The van der Waals surface area contributed by atoms with E-state index in [9.17, 15) is 9.59 Å². The number of ether oxygens (including phenoxy) is 1. The van der Waals surface area contributed by atoms with E-state index in [1.807, 2.05) is 6.08 Å². The lowest BCUT2D eigenvalue weighted by Crippen LogP contribution is -2.23. The van der Waals surface area contributed by atoms with Crippen molar-refractivity contribution >= 4 is 11.8 Å². The van der Waals surface area contributed by atoms with Crippen LogP contribution in [-0.4, -0.2) is 11.8 Å². The van der Waals surface area contributed by atoms with Crippen molar-refractivity contribution < 1.29 is 14.3 Å². The molecule has 108 valence electrons. The quantitative estimate of drug-likeness (QED) is 0.684. The number of hydrogen-bond donors (Lipinski definition) is 0. The van der Waals surface area contributed by atoms with Gasteiger partial charge in [0.25, 0.3) is 0 Å². The highest BCUT2D eigenvalue weighted by molar-refractivity contribution is 6.05. The van der Waals surface area contributed by atoms with Gasteiger partial charge in [0.2, 0.25) is 0 Å². The van der Waals surface area contributed by atoms with Crippen LogP contribution in [-0.2, 0) is 14.3 Å². The fraction of sp³-hybridized carbons (Fsp3) is 0.529. The zero-order chi connectivity index (χ0) is 15.1. The Morgan fingerprint density at radius 3 is 2.55 bits per heavy atom. The van der Waals surface area contributed by atoms with Crippen LogP contribution in [0.1, 0.15) is 47.5 Å². The summed E-state index contributed by atoms with van der Waals surface area (Å²) in [7, 11) is 0. The van der Waals surface area contributed by atoms with Gasteiger partial charge in [-0.05, 0) is 44.3 Å². The summed E-state index contributed by atoms with van der Waals surface area (Å²) in [5, 5.41) is 0. The van der Waals surface area contributed by atoms with Crippen molar-refractivity contribution in [2.75, 3.05) is 0 Å². The Hall–Kier alpha value is -1.64. The minimum atomic E-state index is -0.589. The maximum absolute atomic E-state index is 12.3. The van der Waals surface area contributed by atoms with Gasteiger partial charge in [0.1, 0.15) is 5.76 Å². The van der Waals surface area contributed by atoms with Gasteiger partial charge in [0.05, 0.1) is 11.0 Å². The Morgan fingerprint density at radius 1 is 1.30 bits per heavy atom. The second kappa shape index (κ2) is 4.72. The highest BCUT2D eigenvalue weighted by Gasteiger charge is 2.41. The molecule has 2 aliphatic carbocycles. The number of Topliss-reactive ketones (excluding diaryl/α,β-unsaturated/α-hetero) is 1. The van der Waals surface area contributed by atoms with Gasteiger partial charge in [-0.1, -0.05) is 26.0 Å². The van der Waals surface area contributed by atoms with Gasteiger partial charge in [-0.2, -0.15) is 0 Å². The van der Waals surface area contributed by atoms with Crippen LogP contribution in [0.2, 0.25) is 0 Å². The molecule has 0 aromatic heterocycles. The fourth-order valence-corrected chi connectivity index (χ4v) is 2.50. The van der Waals surface area contributed by atoms with Crippen molar-refractivity contribution in [1.82, 2.24) is 0 Å². The summed E-state index contributed by atoms with van der Waals surface area (Å²) >= 11 is 0. The first kappa shape index (κ1) is 14.8. The predicted octanol–water partition coefficient (Wildman–Crippen LogP) is 3.72. The smallest absolute Gasteiger partial charge is 0.316 e. The Kier molecular flexibility index (Phi) is 3.49. The van der Waals surface area contributed by atoms with Gasteiger partial charge in [-0.15, -0.1) is 0 Å². The second-order valence-corrected chi connectivity index (χ2v) is 7.12. The number of carbonyl (C=O) groups excluding carboxylic acids is 2. The van der Waals surface area contributed by atoms with E-state index in [1.165, 1.54) is 0 Å². The molecule has 0 bridgehead atoms. The summed E-state index contributed by atoms with van der Waals surface area (Å²) < 4.78 is 5.51. The second-order valence-electron chi connectivity index (χ2n) is 7.12. The molecule has 0 aromatic carbocycles. The predicted molar refractivity (Wildman–Crippen MR) is 77.8 cm³/mol. The van der Waals surface area contributed by atoms with Crippen molar-refractivity contribution in [3.63, 3.8) is 0 Å². The summed E-state index contributed by atoms with van der Waals surface area (Å²) in [4.78, 5) is 24.4.